The van der Waals surface area contributed by atoms with E-state index in [1.54, 1.807) is 7.05 Å². The quantitative estimate of drug-likeness (QED) is 0.782. The Morgan fingerprint density at radius 3 is 2.80 bits per heavy atom. The fourth-order valence-electron chi connectivity index (χ4n) is 1.30. The summed E-state index contributed by atoms with van der Waals surface area (Å²) in [4.78, 5) is 23.8. The van der Waals surface area contributed by atoms with Crippen molar-refractivity contribution in [2.24, 2.45) is 7.05 Å². The van der Waals surface area contributed by atoms with Crippen LogP contribution in [-0.2, 0) is 7.05 Å². The summed E-state index contributed by atoms with van der Waals surface area (Å²) >= 11 is 1.15. The van der Waals surface area contributed by atoms with Crippen molar-refractivity contribution in [3.8, 4) is 6.01 Å². The van der Waals surface area contributed by atoms with E-state index in [2.05, 4.69) is 30.5 Å². The number of nitrogens with one attached hydrogen (secondary N) is 2. The molecular weight excluding hydrogens is 282 g/mol. The number of methoxy groups -OCH3 is 1. The summed E-state index contributed by atoms with van der Waals surface area (Å²) in [7, 11) is 3.10. The molecule has 0 saturated carbocycles. The SMILES string of the molecule is CCCNc1nc(OC)nc(Sc2n[nH]c(=O)n2C)n1. The van der Waals surface area contributed by atoms with Crippen molar-refractivity contribution < 1.29 is 4.74 Å². The summed E-state index contributed by atoms with van der Waals surface area (Å²) < 4.78 is 6.41. The van der Waals surface area contributed by atoms with Gasteiger partial charge in [0.1, 0.15) is 0 Å². The Labute approximate surface area is 119 Å². The van der Waals surface area contributed by atoms with Crippen LogP contribution in [-0.4, -0.2) is 43.4 Å². The number of ether oxygens (including phenoxy) is 1. The van der Waals surface area contributed by atoms with Gasteiger partial charge in [-0.2, -0.15) is 15.0 Å². The summed E-state index contributed by atoms with van der Waals surface area (Å²) in [5, 5.41) is 10.2. The van der Waals surface area contributed by atoms with Gasteiger partial charge in [0.05, 0.1) is 7.11 Å². The Balaban J connectivity index is 2.26. The highest BCUT2D eigenvalue weighted by molar-refractivity contribution is 7.99. The fourth-order valence-corrected chi connectivity index (χ4v) is 2.03. The van der Waals surface area contributed by atoms with Crippen molar-refractivity contribution in [2.45, 2.75) is 23.7 Å². The van der Waals surface area contributed by atoms with Gasteiger partial charge in [0, 0.05) is 13.6 Å². The molecule has 2 rings (SSSR count). The van der Waals surface area contributed by atoms with Crippen LogP contribution in [0.15, 0.2) is 15.1 Å². The van der Waals surface area contributed by atoms with E-state index in [1.807, 2.05) is 6.92 Å². The molecule has 108 valence electrons. The van der Waals surface area contributed by atoms with Crippen LogP contribution in [0.3, 0.4) is 0 Å². The van der Waals surface area contributed by atoms with E-state index in [4.69, 9.17) is 4.74 Å². The third kappa shape index (κ3) is 3.26. The molecule has 0 amide bonds. The zero-order chi connectivity index (χ0) is 14.5. The van der Waals surface area contributed by atoms with Crippen molar-refractivity contribution in [1.82, 2.24) is 29.7 Å². The Kier molecular flexibility index (Phi) is 4.56. The average Bonchev–Trinajstić information content (AvgIpc) is 2.77. The molecule has 0 unspecified atom stereocenters. The zero-order valence-electron chi connectivity index (χ0n) is 11.4. The van der Waals surface area contributed by atoms with E-state index in [-0.39, 0.29) is 11.7 Å². The molecule has 0 radical (unpaired) electrons. The minimum Gasteiger partial charge on any atom is -0.467 e. The first-order valence-corrected chi connectivity index (χ1v) is 6.79. The molecule has 0 bridgehead atoms. The van der Waals surface area contributed by atoms with Gasteiger partial charge >= 0.3 is 11.7 Å². The Morgan fingerprint density at radius 2 is 2.20 bits per heavy atom. The molecule has 2 aromatic rings. The smallest absolute Gasteiger partial charge is 0.343 e. The number of nitrogens with zero attached hydrogens (tertiary/aromatic N) is 5. The second-order valence-corrected chi connectivity index (χ2v) is 4.76. The monoisotopic (exact) mass is 297 g/mol. The molecule has 2 heterocycles. The third-order valence-electron chi connectivity index (χ3n) is 2.33. The summed E-state index contributed by atoms with van der Waals surface area (Å²) in [5.41, 5.74) is -0.294. The second kappa shape index (κ2) is 6.37. The van der Waals surface area contributed by atoms with Crippen molar-refractivity contribution in [3.63, 3.8) is 0 Å². The van der Waals surface area contributed by atoms with Crippen molar-refractivity contribution in [2.75, 3.05) is 19.0 Å². The van der Waals surface area contributed by atoms with Crippen LogP contribution in [0.25, 0.3) is 0 Å². The van der Waals surface area contributed by atoms with E-state index in [0.29, 0.717) is 16.3 Å². The summed E-state index contributed by atoms with van der Waals surface area (Å²) in [6.07, 6.45) is 0.949. The number of hydrogen-bond acceptors (Lipinski definition) is 8. The number of hydrogen-bond donors (Lipinski definition) is 2. The highest BCUT2D eigenvalue weighted by Gasteiger charge is 2.12. The first kappa shape index (κ1) is 14.3. The molecule has 2 aromatic heterocycles. The molecule has 0 aliphatic heterocycles. The molecule has 20 heavy (non-hydrogen) atoms. The first-order valence-electron chi connectivity index (χ1n) is 5.97. The molecule has 0 aliphatic rings. The number of aromatic nitrogens is 6. The lowest BCUT2D eigenvalue weighted by molar-refractivity contribution is 0.373. The van der Waals surface area contributed by atoms with Gasteiger partial charge in [-0.25, -0.2) is 9.89 Å². The molecule has 0 fully saturated rings. The fraction of sp³-hybridized carbons (Fsp3) is 0.500. The largest absolute Gasteiger partial charge is 0.467 e. The van der Waals surface area contributed by atoms with Crippen LogP contribution in [0.1, 0.15) is 13.3 Å². The van der Waals surface area contributed by atoms with Gasteiger partial charge in [0.25, 0.3) is 0 Å². The maximum absolute atomic E-state index is 11.3. The van der Waals surface area contributed by atoms with Crippen LogP contribution < -0.4 is 15.7 Å². The third-order valence-corrected chi connectivity index (χ3v) is 3.24. The molecule has 10 heteroatoms. The molecular formula is C10H15N7O2S. The number of H-pyrrole nitrogens is 1. The maximum Gasteiger partial charge on any atom is 0.343 e. The molecule has 2 N–H and O–H groups in total. The minimum atomic E-state index is -0.294. The molecule has 0 aromatic carbocycles. The summed E-state index contributed by atoms with van der Waals surface area (Å²) in [6, 6.07) is 0.210. The molecule has 0 spiro atoms. The van der Waals surface area contributed by atoms with E-state index in [0.717, 1.165) is 24.7 Å². The highest BCUT2D eigenvalue weighted by atomic mass is 32.2. The van der Waals surface area contributed by atoms with Gasteiger partial charge in [0.2, 0.25) is 11.1 Å². The number of rotatable bonds is 6. The normalized spacial score (nSPS) is 10.6. The predicted molar refractivity (Wildman–Crippen MR) is 73.1 cm³/mol. The molecule has 0 atom stereocenters. The first-order chi connectivity index (χ1) is 9.63. The maximum atomic E-state index is 11.3. The lowest BCUT2D eigenvalue weighted by atomic mass is 10.5. The van der Waals surface area contributed by atoms with Gasteiger partial charge in [-0.1, -0.05) is 6.92 Å². The number of anilines is 1. The van der Waals surface area contributed by atoms with Gasteiger partial charge in [-0.05, 0) is 18.2 Å². The van der Waals surface area contributed by atoms with Crippen molar-refractivity contribution in [3.05, 3.63) is 10.5 Å². The Morgan fingerprint density at radius 1 is 1.40 bits per heavy atom. The molecule has 9 nitrogen and oxygen atoms in total. The molecule has 0 aliphatic carbocycles. The standard InChI is InChI=1S/C10H15N7O2S/c1-4-5-11-6-12-7(19-3)14-8(13-6)20-10-16-15-9(18)17(10)2/h4-5H2,1-3H3,(H,15,18)(H,11,12,13,14). The average molecular weight is 297 g/mol. The summed E-state index contributed by atoms with van der Waals surface area (Å²) in [5.74, 6) is 0.432. The van der Waals surface area contributed by atoms with Gasteiger partial charge in [-0.3, -0.25) is 4.57 Å². The van der Waals surface area contributed by atoms with E-state index in [9.17, 15) is 4.79 Å². The van der Waals surface area contributed by atoms with Gasteiger partial charge in [0.15, 0.2) is 5.16 Å². The van der Waals surface area contributed by atoms with E-state index >= 15 is 0 Å². The molecule has 0 saturated heterocycles. The summed E-state index contributed by atoms with van der Waals surface area (Å²) in [6.45, 7) is 2.79. The second-order valence-electron chi connectivity index (χ2n) is 3.83. The van der Waals surface area contributed by atoms with E-state index < -0.39 is 0 Å². The van der Waals surface area contributed by atoms with Crippen molar-refractivity contribution >= 4 is 17.7 Å². The van der Waals surface area contributed by atoms with Gasteiger partial charge in [-0.15, -0.1) is 5.10 Å². The van der Waals surface area contributed by atoms with Gasteiger partial charge < -0.3 is 10.1 Å². The Hall–Kier alpha value is -2.10. The lowest BCUT2D eigenvalue weighted by Gasteiger charge is -2.06. The van der Waals surface area contributed by atoms with Crippen LogP contribution in [0, 0.1) is 0 Å². The lowest BCUT2D eigenvalue weighted by Crippen LogP contribution is -2.13. The van der Waals surface area contributed by atoms with Crippen LogP contribution in [0.2, 0.25) is 0 Å². The number of aromatic amines is 1. The van der Waals surface area contributed by atoms with Crippen LogP contribution >= 0.6 is 11.8 Å². The predicted octanol–water partition coefficient (Wildman–Crippen LogP) is 0.275. The zero-order valence-corrected chi connectivity index (χ0v) is 12.2. The topological polar surface area (TPSA) is 111 Å². The van der Waals surface area contributed by atoms with E-state index in [1.165, 1.54) is 11.7 Å². The van der Waals surface area contributed by atoms with Crippen LogP contribution in [0.5, 0.6) is 6.01 Å². The van der Waals surface area contributed by atoms with Crippen LogP contribution in [0.4, 0.5) is 5.95 Å². The van der Waals surface area contributed by atoms with Crippen molar-refractivity contribution in [1.29, 1.82) is 0 Å². The Bertz CT molecular complexity index is 639. The highest BCUT2D eigenvalue weighted by Crippen LogP contribution is 2.23. The minimum absolute atomic E-state index is 0.210.